The second kappa shape index (κ2) is 7.08. The maximum atomic E-state index is 12.6. The number of halogens is 1. The van der Waals surface area contributed by atoms with Crippen LogP contribution >= 0.6 is 11.6 Å². The van der Waals surface area contributed by atoms with Crippen molar-refractivity contribution in [3.63, 3.8) is 0 Å². The molecule has 2 heterocycles. The fraction of sp³-hybridized carbons (Fsp3) is 0.238. The van der Waals surface area contributed by atoms with Crippen LogP contribution in [0.3, 0.4) is 0 Å². The molecule has 6 heteroatoms. The summed E-state index contributed by atoms with van der Waals surface area (Å²) in [7, 11) is 0. The van der Waals surface area contributed by atoms with Gasteiger partial charge in [0.1, 0.15) is 6.04 Å². The molecule has 1 aliphatic heterocycles. The van der Waals surface area contributed by atoms with Crippen molar-refractivity contribution in [3.8, 4) is 0 Å². The van der Waals surface area contributed by atoms with Gasteiger partial charge in [0.15, 0.2) is 0 Å². The van der Waals surface area contributed by atoms with Gasteiger partial charge < -0.3 is 15.1 Å². The van der Waals surface area contributed by atoms with Crippen molar-refractivity contribution >= 4 is 34.8 Å². The lowest BCUT2D eigenvalue weighted by Crippen LogP contribution is -2.41. The van der Waals surface area contributed by atoms with Gasteiger partial charge in [-0.2, -0.15) is 0 Å². The Morgan fingerprint density at radius 1 is 1.33 bits per heavy atom. The van der Waals surface area contributed by atoms with E-state index in [0.29, 0.717) is 18.2 Å². The number of nitrogens with zero attached hydrogens (tertiary/aromatic N) is 1. The van der Waals surface area contributed by atoms with Crippen molar-refractivity contribution < 1.29 is 9.53 Å². The normalized spacial score (nSPS) is 16.2. The summed E-state index contributed by atoms with van der Waals surface area (Å²) in [5.74, 6) is 0. The zero-order valence-electron chi connectivity index (χ0n) is 15.0. The summed E-state index contributed by atoms with van der Waals surface area (Å²) in [6.07, 6.45) is 1.73. The number of carbonyl (C=O) groups is 1. The molecule has 2 N–H and O–H groups in total. The SMILES string of the molecule is CCOC(=O)N1CCc2c([nH]c3ccc(Cl)cc23)C1c1ccc(C=N)cc1. The number of H-pyrrole nitrogens is 1. The Kier molecular flexibility index (Phi) is 4.62. The molecule has 0 radical (unpaired) electrons. The first-order valence-electron chi connectivity index (χ1n) is 8.96. The highest BCUT2D eigenvalue weighted by Crippen LogP contribution is 2.39. The second-order valence-electron chi connectivity index (χ2n) is 6.56. The fourth-order valence-corrected chi connectivity index (χ4v) is 3.96. The van der Waals surface area contributed by atoms with Crippen molar-refractivity contribution in [3.05, 3.63) is 69.9 Å². The van der Waals surface area contributed by atoms with E-state index in [9.17, 15) is 4.79 Å². The monoisotopic (exact) mass is 381 g/mol. The third-order valence-corrected chi connectivity index (χ3v) is 5.25. The van der Waals surface area contributed by atoms with Gasteiger partial charge in [0.2, 0.25) is 0 Å². The van der Waals surface area contributed by atoms with Crippen LogP contribution in [-0.4, -0.2) is 35.3 Å². The molecule has 4 rings (SSSR count). The van der Waals surface area contributed by atoms with Gasteiger partial charge in [-0.1, -0.05) is 35.9 Å². The zero-order chi connectivity index (χ0) is 19.0. The van der Waals surface area contributed by atoms with E-state index in [0.717, 1.165) is 34.1 Å². The van der Waals surface area contributed by atoms with Gasteiger partial charge in [-0.3, -0.25) is 4.90 Å². The smallest absolute Gasteiger partial charge is 0.410 e. The standard InChI is InChI=1S/C21H20ClN3O2/c1-2-27-21(26)25-10-9-16-17-11-15(22)7-8-18(17)24-19(16)20(25)14-5-3-13(12-23)4-6-14/h3-8,11-12,20,23-24H,2,9-10H2,1H3. The molecule has 1 amide bonds. The molecule has 138 valence electrons. The van der Waals surface area contributed by atoms with Crippen molar-refractivity contribution in [1.82, 2.24) is 9.88 Å². The highest BCUT2D eigenvalue weighted by molar-refractivity contribution is 6.31. The maximum Gasteiger partial charge on any atom is 0.410 e. The second-order valence-corrected chi connectivity index (χ2v) is 7.00. The number of nitrogens with one attached hydrogen (secondary N) is 2. The summed E-state index contributed by atoms with van der Waals surface area (Å²) in [6, 6.07) is 13.2. The van der Waals surface area contributed by atoms with E-state index >= 15 is 0 Å². The van der Waals surface area contributed by atoms with Crippen LogP contribution in [0.25, 0.3) is 10.9 Å². The molecule has 0 bridgehead atoms. The minimum Gasteiger partial charge on any atom is -0.450 e. The van der Waals surface area contributed by atoms with Gasteiger partial charge in [0.05, 0.1) is 6.61 Å². The van der Waals surface area contributed by atoms with Gasteiger partial charge in [0.25, 0.3) is 0 Å². The molecule has 1 aliphatic rings. The number of fused-ring (bicyclic) bond motifs is 3. The summed E-state index contributed by atoms with van der Waals surface area (Å²) in [5, 5.41) is 9.20. The first-order chi connectivity index (χ1) is 13.1. The quantitative estimate of drug-likeness (QED) is 0.632. The number of ether oxygens (including phenoxy) is 1. The summed E-state index contributed by atoms with van der Waals surface area (Å²) >= 11 is 6.21. The Balaban J connectivity index is 1.87. The molecular weight excluding hydrogens is 362 g/mol. The predicted molar refractivity (Wildman–Crippen MR) is 107 cm³/mol. The van der Waals surface area contributed by atoms with Gasteiger partial charge in [0, 0.05) is 34.4 Å². The van der Waals surface area contributed by atoms with E-state index in [1.807, 2.05) is 49.4 Å². The molecule has 0 aliphatic carbocycles. The number of carbonyl (C=O) groups excluding carboxylic acids is 1. The fourth-order valence-electron chi connectivity index (χ4n) is 3.78. The van der Waals surface area contributed by atoms with Crippen molar-refractivity contribution in [2.75, 3.05) is 13.2 Å². The van der Waals surface area contributed by atoms with E-state index in [1.165, 1.54) is 11.8 Å². The largest absolute Gasteiger partial charge is 0.450 e. The first-order valence-corrected chi connectivity index (χ1v) is 9.34. The van der Waals surface area contributed by atoms with Crippen LogP contribution in [0.4, 0.5) is 4.79 Å². The molecule has 3 aromatic rings. The molecular formula is C21H20ClN3O2. The molecule has 27 heavy (non-hydrogen) atoms. The highest BCUT2D eigenvalue weighted by atomic mass is 35.5. The van der Waals surface area contributed by atoms with E-state index in [2.05, 4.69) is 4.98 Å². The topological polar surface area (TPSA) is 69.2 Å². The van der Waals surface area contributed by atoms with E-state index in [1.54, 1.807) is 4.90 Å². The zero-order valence-corrected chi connectivity index (χ0v) is 15.7. The Bertz CT molecular complexity index is 1010. The number of aromatic amines is 1. The predicted octanol–water partition coefficient (Wildman–Crippen LogP) is 4.92. The molecule has 0 saturated heterocycles. The maximum absolute atomic E-state index is 12.6. The lowest BCUT2D eigenvalue weighted by Gasteiger charge is -2.35. The van der Waals surface area contributed by atoms with Crippen LogP contribution in [0.1, 0.15) is 35.3 Å². The van der Waals surface area contributed by atoms with E-state index < -0.39 is 0 Å². The minimum absolute atomic E-state index is 0.265. The van der Waals surface area contributed by atoms with Crippen LogP contribution in [0, 0.1) is 5.41 Å². The van der Waals surface area contributed by atoms with Crippen LogP contribution in [0.2, 0.25) is 5.02 Å². The van der Waals surface area contributed by atoms with E-state index in [4.69, 9.17) is 21.7 Å². The molecule has 1 atom stereocenters. The van der Waals surface area contributed by atoms with Gasteiger partial charge in [-0.25, -0.2) is 4.79 Å². The summed E-state index contributed by atoms with van der Waals surface area (Å²) in [6.45, 7) is 2.72. The molecule has 0 saturated carbocycles. The number of hydrogen-bond donors (Lipinski definition) is 2. The lowest BCUT2D eigenvalue weighted by atomic mass is 9.92. The number of benzene rings is 2. The van der Waals surface area contributed by atoms with Crippen molar-refractivity contribution in [2.24, 2.45) is 0 Å². The average molecular weight is 382 g/mol. The molecule has 1 aromatic heterocycles. The van der Waals surface area contributed by atoms with Gasteiger partial charge in [-0.05, 0) is 48.2 Å². The first kappa shape index (κ1) is 17.6. The summed E-state index contributed by atoms with van der Waals surface area (Å²) in [5.41, 5.74) is 4.99. The van der Waals surface area contributed by atoms with Crippen LogP contribution < -0.4 is 0 Å². The Hall–Kier alpha value is -2.79. The van der Waals surface area contributed by atoms with Crippen molar-refractivity contribution in [2.45, 2.75) is 19.4 Å². The van der Waals surface area contributed by atoms with Gasteiger partial charge >= 0.3 is 6.09 Å². The Labute approximate surface area is 162 Å². The molecule has 1 unspecified atom stereocenters. The Morgan fingerprint density at radius 2 is 2.11 bits per heavy atom. The van der Waals surface area contributed by atoms with Gasteiger partial charge in [-0.15, -0.1) is 0 Å². The molecule has 5 nitrogen and oxygen atoms in total. The third kappa shape index (κ3) is 3.08. The number of hydrogen-bond acceptors (Lipinski definition) is 3. The van der Waals surface area contributed by atoms with Crippen LogP contribution in [0.15, 0.2) is 42.5 Å². The van der Waals surface area contributed by atoms with E-state index in [-0.39, 0.29) is 12.1 Å². The summed E-state index contributed by atoms with van der Waals surface area (Å²) in [4.78, 5) is 17.9. The van der Waals surface area contributed by atoms with Crippen LogP contribution in [0.5, 0.6) is 0 Å². The average Bonchev–Trinajstić information content (AvgIpc) is 3.05. The minimum atomic E-state index is -0.319. The van der Waals surface area contributed by atoms with Crippen LogP contribution in [-0.2, 0) is 11.2 Å². The Morgan fingerprint density at radius 3 is 2.81 bits per heavy atom. The molecule has 0 fully saturated rings. The molecule has 2 aromatic carbocycles. The summed E-state index contributed by atoms with van der Waals surface area (Å²) < 4.78 is 5.30. The third-order valence-electron chi connectivity index (χ3n) is 5.01. The number of rotatable bonds is 3. The number of amides is 1. The van der Waals surface area contributed by atoms with Crippen molar-refractivity contribution in [1.29, 1.82) is 5.41 Å². The highest BCUT2D eigenvalue weighted by Gasteiger charge is 2.35. The molecule has 0 spiro atoms. The lowest BCUT2D eigenvalue weighted by molar-refractivity contribution is 0.0932. The number of aromatic nitrogens is 1.